The molecule has 0 aliphatic carbocycles. The van der Waals surface area contributed by atoms with Crippen LogP contribution in [0, 0.1) is 5.92 Å². The molecule has 0 bridgehead atoms. The smallest absolute Gasteiger partial charge is 0.264 e. The Bertz CT molecular complexity index is 1280. The predicted molar refractivity (Wildman–Crippen MR) is 144 cm³/mol. The van der Waals surface area contributed by atoms with E-state index in [-0.39, 0.29) is 17.7 Å². The number of H-pyrrole nitrogens is 1. The monoisotopic (exact) mass is 555 g/mol. The summed E-state index contributed by atoms with van der Waals surface area (Å²) < 4.78 is 12.7. The number of benzene rings is 2. The van der Waals surface area contributed by atoms with E-state index in [1.807, 2.05) is 65.1 Å². The summed E-state index contributed by atoms with van der Waals surface area (Å²) in [4.78, 5) is 32.8. The summed E-state index contributed by atoms with van der Waals surface area (Å²) in [6.07, 6.45) is 1.80. The average molecular weight is 557 g/mol. The van der Waals surface area contributed by atoms with E-state index >= 15 is 0 Å². The fraction of sp³-hybridized carbons (Fsp3) is 0.429. The average Bonchev–Trinajstić information content (AvgIpc) is 3.16. The zero-order valence-electron chi connectivity index (χ0n) is 21.6. The molecule has 2 amide bonds. The first kappa shape index (κ1) is 26.1. The summed E-state index contributed by atoms with van der Waals surface area (Å²) in [5.74, 6) is 0.317. The number of ether oxygens (including phenoxy) is 2. The molecule has 8 heteroatoms. The highest BCUT2D eigenvalue weighted by Crippen LogP contribution is 2.44. The van der Waals surface area contributed by atoms with Crippen molar-refractivity contribution in [3.8, 4) is 11.5 Å². The van der Waals surface area contributed by atoms with E-state index in [2.05, 4.69) is 32.3 Å². The van der Waals surface area contributed by atoms with Crippen LogP contribution in [0.4, 0.5) is 0 Å². The van der Waals surface area contributed by atoms with Gasteiger partial charge < -0.3 is 24.7 Å². The predicted octanol–water partition coefficient (Wildman–Crippen LogP) is 5.38. The number of hydrogen-bond donors (Lipinski definition) is 2. The maximum Gasteiger partial charge on any atom is 0.264 e. The summed E-state index contributed by atoms with van der Waals surface area (Å²) in [5, 5.41) is 4.19. The molecule has 3 aromatic rings. The van der Waals surface area contributed by atoms with Crippen LogP contribution in [0.3, 0.4) is 0 Å². The molecule has 0 fully saturated rings. The molecular weight excluding hydrogens is 522 g/mol. The number of fused-ring (bicyclic) bond motifs is 2. The lowest BCUT2D eigenvalue weighted by Gasteiger charge is -2.33. The second-order valence-electron chi connectivity index (χ2n) is 10.6. The summed E-state index contributed by atoms with van der Waals surface area (Å²) in [6.45, 7) is 10.0. The summed E-state index contributed by atoms with van der Waals surface area (Å²) >= 11 is 3.55. The van der Waals surface area contributed by atoms with Gasteiger partial charge >= 0.3 is 0 Å². The number of carbonyl (C=O) groups is 2. The molecule has 192 valence electrons. The van der Waals surface area contributed by atoms with Gasteiger partial charge in [0.2, 0.25) is 5.91 Å². The Kier molecular flexibility index (Phi) is 7.36. The number of methoxy groups -OCH3 is 1. The van der Waals surface area contributed by atoms with Crippen molar-refractivity contribution in [1.82, 2.24) is 15.2 Å². The highest BCUT2D eigenvalue weighted by atomic mass is 79.9. The van der Waals surface area contributed by atoms with E-state index in [9.17, 15) is 9.59 Å². The van der Waals surface area contributed by atoms with Crippen LogP contribution < -0.4 is 14.8 Å². The highest BCUT2D eigenvalue weighted by molar-refractivity contribution is 9.10. The van der Waals surface area contributed by atoms with Gasteiger partial charge in [-0.2, -0.15) is 0 Å². The molecule has 36 heavy (non-hydrogen) atoms. The first-order valence-corrected chi connectivity index (χ1v) is 13.0. The Hall–Kier alpha value is -3.00. The van der Waals surface area contributed by atoms with E-state index in [0.29, 0.717) is 30.0 Å². The Morgan fingerprint density at radius 3 is 2.64 bits per heavy atom. The van der Waals surface area contributed by atoms with Crippen LogP contribution in [-0.2, 0) is 16.0 Å². The summed E-state index contributed by atoms with van der Waals surface area (Å²) in [7, 11) is 1.56. The van der Waals surface area contributed by atoms with Gasteiger partial charge in [0.15, 0.2) is 17.6 Å². The van der Waals surface area contributed by atoms with Crippen molar-refractivity contribution in [3.05, 3.63) is 58.2 Å². The van der Waals surface area contributed by atoms with Gasteiger partial charge in [0.25, 0.3) is 5.91 Å². The zero-order chi connectivity index (χ0) is 26.2. The minimum Gasteiger partial charge on any atom is -0.493 e. The number of rotatable bonds is 6. The van der Waals surface area contributed by atoms with E-state index in [4.69, 9.17) is 9.47 Å². The molecule has 2 aromatic carbocycles. The molecule has 2 N–H and O–H groups in total. The number of nitrogens with one attached hydrogen (secondary N) is 2. The fourth-order valence-corrected chi connectivity index (χ4v) is 5.12. The second kappa shape index (κ2) is 10.2. The molecule has 4 rings (SSSR count). The number of amides is 2. The first-order chi connectivity index (χ1) is 17.0. The van der Waals surface area contributed by atoms with Crippen molar-refractivity contribution in [2.75, 3.05) is 13.7 Å². The number of hydrogen-bond acceptors (Lipinski definition) is 4. The standard InChI is InChI=1S/C28H34BrN3O4/c1-16(2)24-27(34)32(12-11-17-15-30-21-10-8-7-9-19(17)21)23(26(33)31-28(3,4)5)20-13-18(29)14-22(35-6)25(20)36-24/h7-10,13-16,23-24,30H,11-12H2,1-6H3,(H,31,33). The van der Waals surface area contributed by atoms with Gasteiger partial charge in [-0.25, -0.2) is 0 Å². The minimum atomic E-state index is -0.882. The lowest BCUT2D eigenvalue weighted by molar-refractivity contribution is -0.147. The van der Waals surface area contributed by atoms with Crippen molar-refractivity contribution in [3.63, 3.8) is 0 Å². The number of aromatic nitrogens is 1. The number of halogens is 1. The zero-order valence-corrected chi connectivity index (χ0v) is 23.2. The summed E-state index contributed by atoms with van der Waals surface area (Å²) in [6, 6.07) is 10.8. The van der Waals surface area contributed by atoms with Crippen LogP contribution in [0.15, 0.2) is 47.1 Å². The SMILES string of the molecule is COc1cc(Br)cc2c1OC(C(C)C)C(=O)N(CCc1c[nH]c3ccccc13)C2C(=O)NC(C)(C)C. The Morgan fingerprint density at radius 2 is 1.97 bits per heavy atom. The van der Waals surface area contributed by atoms with Gasteiger partial charge in [0.05, 0.1) is 7.11 Å². The molecule has 1 aliphatic heterocycles. The van der Waals surface area contributed by atoms with Crippen LogP contribution in [0.5, 0.6) is 11.5 Å². The Morgan fingerprint density at radius 1 is 1.25 bits per heavy atom. The third kappa shape index (κ3) is 5.24. The van der Waals surface area contributed by atoms with E-state index in [1.165, 1.54) is 0 Å². The van der Waals surface area contributed by atoms with E-state index in [0.717, 1.165) is 20.9 Å². The van der Waals surface area contributed by atoms with Gasteiger partial charge in [-0.1, -0.05) is 48.0 Å². The third-order valence-electron chi connectivity index (χ3n) is 6.29. The number of para-hydroxylation sites is 1. The van der Waals surface area contributed by atoms with Crippen LogP contribution in [0.1, 0.15) is 51.8 Å². The molecule has 2 heterocycles. The quantitative estimate of drug-likeness (QED) is 0.427. The molecule has 2 atom stereocenters. The largest absolute Gasteiger partial charge is 0.493 e. The van der Waals surface area contributed by atoms with Crippen molar-refractivity contribution in [2.45, 2.75) is 58.7 Å². The fourth-order valence-electron chi connectivity index (χ4n) is 4.67. The van der Waals surface area contributed by atoms with Crippen molar-refractivity contribution < 1.29 is 19.1 Å². The minimum absolute atomic E-state index is 0.112. The van der Waals surface area contributed by atoms with E-state index in [1.54, 1.807) is 18.1 Å². The van der Waals surface area contributed by atoms with Gasteiger partial charge in [-0.15, -0.1) is 0 Å². The number of aromatic amines is 1. The molecule has 0 saturated heterocycles. The highest BCUT2D eigenvalue weighted by Gasteiger charge is 2.43. The van der Waals surface area contributed by atoms with Crippen LogP contribution >= 0.6 is 15.9 Å². The molecule has 1 aromatic heterocycles. The Balaban J connectivity index is 1.83. The molecule has 2 unspecified atom stereocenters. The van der Waals surface area contributed by atoms with Crippen LogP contribution in [0.25, 0.3) is 10.9 Å². The maximum absolute atomic E-state index is 14.0. The number of carbonyl (C=O) groups excluding carboxylic acids is 2. The first-order valence-electron chi connectivity index (χ1n) is 12.2. The van der Waals surface area contributed by atoms with Crippen LogP contribution in [-0.4, -0.2) is 47.0 Å². The van der Waals surface area contributed by atoms with Gasteiger partial charge in [0, 0.05) is 39.2 Å². The van der Waals surface area contributed by atoms with Gasteiger partial charge in [-0.05, 0) is 56.9 Å². The molecule has 1 aliphatic rings. The van der Waals surface area contributed by atoms with Crippen molar-refractivity contribution >= 4 is 38.6 Å². The molecule has 0 saturated carbocycles. The second-order valence-corrected chi connectivity index (χ2v) is 11.5. The Labute approximate surface area is 220 Å². The van der Waals surface area contributed by atoms with Gasteiger partial charge in [0.1, 0.15) is 6.04 Å². The van der Waals surface area contributed by atoms with Crippen LogP contribution in [0.2, 0.25) is 0 Å². The molecule has 7 nitrogen and oxygen atoms in total. The van der Waals surface area contributed by atoms with Crippen molar-refractivity contribution in [1.29, 1.82) is 0 Å². The lowest BCUT2D eigenvalue weighted by Crippen LogP contribution is -2.51. The number of nitrogens with zero attached hydrogens (tertiary/aromatic N) is 1. The lowest BCUT2D eigenvalue weighted by atomic mass is 9.99. The van der Waals surface area contributed by atoms with E-state index < -0.39 is 17.7 Å². The molecular formula is C28H34BrN3O4. The molecule has 0 spiro atoms. The topological polar surface area (TPSA) is 83.7 Å². The maximum atomic E-state index is 14.0. The van der Waals surface area contributed by atoms with Gasteiger partial charge in [-0.3, -0.25) is 9.59 Å². The normalized spacial score (nSPS) is 18.1. The molecule has 0 radical (unpaired) electrons. The third-order valence-corrected chi connectivity index (χ3v) is 6.75. The van der Waals surface area contributed by atoms with Crippen molar-refractivity contribution in [2.24, 2.45) is 5.92 Å². The summed E-state index contributed by atoms with van der Waals surface area (Å²) in [5.41, 5.74) is 2.24.